The van der Waals surface area contributed by atoms with Gasteiger partial charge in [-0.25, -0.2) is 0 Å². The standard InChI is InChI=1S/C15H19BrClN3/c1-10-4-6-15(7-5-10)9-19-14(18)20(15)11-2-3-13(17)12(16)8-11/h2-3,8,10H,4-7,9H2,1H3,(H2,18,19). The third kappa shape index (κ3) is 2.33. The summed E-state index contributed by atoms with van der Waals surface area (Å²) in [5, 5.41) is 0.717. The lowest BCUT2D eigenvalue weighted by molar-refractivity contribution is 0.261. The summed E-state index contributed by atoms with van der Waals surface area (Å²) in [5.41, 5.74) is 7.32. The molecule has 1 spiro atoms. The van der Waals surface area contributed by atoms with Gasteiger partial charge in [0.1, 0.15) is 0 Å². The number of nitrogens with zero attached hydrogens (tertiary/aromatic N) is 2. The molecular weight excluding hydrogens is 338 g/mol. The minimum atomic E-state index is 0.0733. The van der Waals surface area contributed by atoms with Gasteiger partial charge in [0.05, 0.1) is 17.1 Å². The van der Waals surface area contributed by atoms with Gasteiger partial charge in [0, 0.05) is 10.2 Å². The lowest BCUT2D eigenvalue weighted by atomic mass is 9.76. The molecule has 20 heavy (non-hydrogen) atoms. The van der Waals surface area contributed by atoms with Crippen LogP contribution in [-0.2, 0) is 0 Å². The summed E-state index contributed by atoms with van der Waals surface area (Å²) in [7, 11) is 0. The van der Waals surface area contributed by atoms with Crippen molar-refractivity contribution in [3.8, 4) is 0 Å². The van der Waals surface area contributed by atoms with Crippen molar-refractivity contribution < 1.29 is 0 Å². The highest BCUT2D eigenvalue weighted by Crippen LogP contribution is 2.42. The molecule has 3 rings (SSSR count). The molecule has 0 unspecified atom stereocenters. The molecule has 1 aliphatic carbocycles. The molecule has 108 valence electrons. The highest BCUT2D eigenvalue weighted by atomic mass is 79.9. The average Bonchev–Trinajstić information content (AvgIpc) is 2.74. The molecule has 2 N–H and O–H groups in total. The Balaban J connectivity index is 1.96. The van der Waals surface area contributed by atoms with E-state index in [-0.39, 0.29) is 5.54 Å². The van der Waals surface area contributed by atoms with Crippen LogP contribution in [0.3, 0.4) is 0 Å². The Kier molecular flexibility index (Phi) is 3.71. The first kappa shape index (κ1) is 14.2. The summed E-state index contributed by atoms with van der Waals surface area (Å²) in [4.78, 5) is 6.74. The molecule has 1 aliphatic heterocycles. The second kappa shape index (κ2) is 5.23. The van der Waals surface area contributed by atoms with Crippen LogP contribution >= 0.6 is 27.5 Å². The SMILES string of the molecule is CC1CCC2(CC1)CN=C(N)N2c1ccc(Cl)c(Br)c1. The van der Waals surface area contributed by atoms with Gasteiger partial charge in [-0.1, -0.05) is 18.5 Å². The summed E-state index contributed by atoms with van der Waals surface area (Å²) in [5.74, 6) is 1.44. The zero-order chi connectivity index (χ0) is 14.3. The normalized spacial score (nSPS) is 29.9. The van der Waals surface area contributed by atoms with Crippen molar-refractivity contribution in [3.63, 3.8) is 0 Å². The van der Waals surface area contributed by atoms with Crippen LogP contribution in [0.2, 0.25) is 5.02 Å². The molecule has 0 atom stereocenters. The van der Waals surface area contributed by atoms with Crippen LogP contribution in [0.5, 0.6) is 0 Å². The summed E-state index contributed by atoms with van der Waals surface area (Å²) >= 11 is 9.59. The topological polar surface area (TPSA) is 41.6 Å². The van der Waals surface area contributed by atoms with E-state index in [4.69, 9.17) is 17.3 Å². The van der Waals surface area contributed by atoms with E-state index in [0.717, 1.165) is 40.5 Å². The zero-order valence-electron chi connectivity index (χ0n) is 11.6. The average molecular weight is 357 g/mol. The monoisotopic (exact) mass is 355 g/mol. The molecule has 0 aromatic heterocycles. The van der Waals surface area contributed by atoms with Crippen LogP contribution in [0.4, 0.5) is 5.69 Å². The van der Waals surface area contributed by atoms with Crippen molar-refractivity contribution in [2.75, 3.05) is 11.4 Å². The molecule has 0 bridgehead atoms. The lowest BCUT2D eigenvalue weighted by Gasteiger charge is -2.43. The Hall–Kier alpha value is -0.740. The molecular formula is C15H19BrClN3. The van der Waals surface area contributed by atoms with Crippen molar-refractivity contribution in [2.45, 2.75) is 38.1 Å². The van der Waals surface area contributed by atoms with E-state index in [1.807, 2.05) is 18.2 Å². The van der Waals surface area contributed by atoms with Crippen LogP contribution in [0.15, 0.2) is 27.7 Å². The van der Waals surface area contributed by atoms with Gasteiger partial charge in [-0.3, -0.25) is 4.99 Å². The van der Waals surface area contributed by atoms with Crippen LogP contribution < -0.4 is 10.6 Å². The Morgan fingerprint density at radius 2 is 2.10 bits per heavy atom. The first-order chi connectivity index (χ1) is 9.52. The predicted molar refractivity (Wildman–Crippen MR) is 88.5 cm³/mol. The van der Waals surface area contributed by atoms with E-state index in [0.29, 0.717) is 5.96 Å². The van der Waals surface area contributed by atoms with Crippen molar-refractivity contribution in [3.05, 3.63) is 27.7 Å². The fourth-order valence-electron chi connectivity index (χ4n) is 3.32. The summed E-state index contributed by atoms with van der Waals surface area (Å²) < 4.78 is 0.899. The van der Waals surface area contributed by atoms with Crippen molar-refractivity contribution >= 4 is 39.2 Å². The molecule has 1 fully saturated rings. The van der Waals surface area contributed by atoms with Gasteiger partial charge in [0.25, 0.3) is 0 Å². The molecule has 0 saturated heterocycles. The minimum Gasteiger partial charge on any atom is -0.369 e. The maximum absolute atomic E-state index is 6.17. The third-order valence-electron chi connectivity index (χ3n) is 4.61. The number of hydrogen-bond donors (Lipinski definition) is 1. The fourth-order valence-corrected chi connectivity index (χ4v) is 3.81. The molecule has 5 heteroatoms. The third-order valence-corrected chi connectivity index (χ3v) is 5.82. The first-order valence-corrected chi connectivity index (χ1v) is 8.24. The van der Waals surface area contributed by atoms with E-state index >= 15 is 0 Å². The van der Waals surface area contributed by atoms with E-state index in [9.17, 15) is 0 Å². The van der Waals surface area contributed by atoms with E-state index in [1.54, 1.807) is 0 Å². The Morgan fingerprint density at radius 1 is 1.40 bits per heavy atom. The summed E-state index contributed by atoms with van der Waals surface area (Å²) in [6, 6.07) is 5.97. The quantitative estimate of drug-likeness (QED) is 0.820. The maximum atomic E-state index is 6.17. The largest absolute Gasteiger partial charge is 0.369 e. The molecule has 2 aliphatic rings. The second-order valence-electron chi connectivity index (χ2n) is 6.02. The predicted octanol–water partition coefficient (Wildman–Crippen LogP) is 4.19. The van der Waals surface area contributed by atoms with Crippen LogP contribution in [-0.4, -0.2) is 18.0 Å². The Bertz CT molecular complexity index is 550. The highest BCUT2D eigenvalue weighted by Gasteiger charge is 2.44. The van der Waals surface area contributed by atoms with Crippen LogP contribution in [0.25, 0.3) is 0 Å². The summed E-state index contributed by atoms with van der Waals surface area (Å²) in [6.45, 7) is 3.14. The molecule has 1 aromatic carbocycles. The number of aliphatic imine (C=N–C) groups is 1. The number of benzene rings is 1. The lowest BCUT2D eigenvalue weighted by Crippen LogP contribution is -2.53. The van der Waals surface area contributed by atoms with Gasteiger partial charge in [-0.15, -0.1) is 0 Å². The molecule has 1 saturated carbocycles. The number of halogens is 2. The van der Waals surface area contributed by atoms with E-state index in [1.165, 1.54) is 12.8 Å². The maximum Gasteiger partial charge on any atom is 0.196 e. The number of rotatable bonds is 1. The Labute approximate surface area is 133 Å². The molecule has 3 nitrogen and oxygen atoms in total. The highest BCUT2D eigenvalue weighted by molar-refractivity contribution is 9.10. The van der Waals surface area contributed by atoms with Crippen LogP contribution in [0, 0.1) is 5.92 Å². The molecule has 1 aromatic rings. The van der Waals surface area contributed by atoms with Gasteiger partial charge in [0.15, 0.2) is 5.96 Å². The van der Waals surface area contributed by atoms with E-state index in [2.05, 4.69) is 32.7 Å². The van der Waals surface area contributed by atoms with E-state index < -0.39 is 0 Å². The number of anilines is 1. The van der Waals surface area contributed by atoms with Gasteiger partial charge in [0.2, 0.25) is 0 Å². The van der Waals surface area contributed by atoms with Gasteiger partial charge < -0.3 is 10.6 Å². The van der Waals surface area contributed by atoms with Crippen molar-refractivity contribution in [2.24, 2.45) is 16.6 Å². The first-order valence-electron chi connectivity index (χ1n) is 7.07. The Morgan fingerprint density at radius 3 is 2.75 bits per heavy atom. The number of hydrogen-bond acceptors (Lipinski definition) is 3. The molecule has 0 amide bonds. The van der Waals surface area contributed by atoms with Gasteiger partial charge in [-0.05, 0) is 65.7 Å². The van der Waals surface area contributed by atoms with Crippen LogP contribution in [0.1, 0.15) is 32.6 Å². The number of guanidine groups is 1. The zero-order valence-corrected chi connectivity index (χ0v) is 13.9. The smallest absolute Gasteiger partial charge is 0.196 e. The van der Waals surface area contributed by atoms with Gasteiger partial charge in [-0.2, -0.15) is 0 Å². The van der Waals surface area contributed by atoms with Gasteiger partial charge >= 0.3 is 0 Å². The summed E-state index contributed by atoms with van der Waals surface area (Å²) in [6.07, 6.45) is 4.79. The van der Waals surface area contributed by atoms with Crippen molar-refractivity contribution in [1.82, 2.24) is 0 Å². The second-order valence-corrected chi connectivity index (χ2v) is 7.28. The molecule has 1 heterocycles. The fraction of sp³-hybridized carbons (Fsp3) is 0.533. The van der Waals surface area contributed by atoms with Crippen molar-refractivity contribution in [1.29, 1.82) is 0 Å². The number of nitrogens with two attached hydrogens (primary N) is 1. The molecule has 0 radical (unpaired) electrons. The minimum absolute atomic E-state index is 0.0733.